The number of carbonyl (C=O) groups excluding carboxylic acids is 2. The van der Waals surface area contributed by atoms with Gasteiger partial charge in [0.25, 0.3) is 0 Å². The molecule has 1 aliphatic carbocycles. The van der Waals surface area contributed by atoms with Gasteiger partial charge in [0.1, 0.15) is 5.75 Å². The molecule has 1 spiro atoms. The van der Waals surface area contributed by atoms with Crippen molar-refractivity contribution in [3.05, 3.63) is 59.7 Å². The summed E-state index contributed by atoms with van der Waals surface area (Å²) in [6, 6.07) is 16.2. The summed E-state index contributed by atoms with van der Waals surface area (Å²) in [5.74, 6) is 0.261. The van der Waals surface area contributed by atoms with Gasteiger partial charge in [-0.05, 0) is 68.8 Å². The van der Waals surface area contributed by atoms with Gasteiger partial charge in [-0.3, -0.25) is 9.69 Å². The van der Waals surface area contributed by atoms with E-state index in [0.29, 0.717) is 25.0 Å². The molecule has 1 unspecified atom stereocenters. The van der Waals surface area contributed by atoms with E-state index in [4.69, 9.17) is 9.47 Å². The molecule has 2 aromatic rings. The summed E-state index contributed by atoms with van der Waals surface area (Å²) in [4.78, 5) is 31.3. The molecular weight excluding hydrogens is 468 g/mol. The molecule has 0 bridgehead atoms. The molecular formula is C30H36N2O5. The number of piperidine rings is 1. The number of amides is 1. The van der Waals surface area contributed by atoms with Crippen molar-refractivity contribution in [2.75, 3.05) is 32.2 Å². The van der Waals surface area contributed by atoms with E-state index in [1.165, 1.54) is 7.11 Å². The van der Waals surface area contributed by atoms with Crippen LogP contribution in [-0.2, 0) is 26.2 Å². The van der Waals surface area contributed by atoms with Gasteiger partial charge in [0.15, 0.2) is 6.10 Å². The Labute approximate surface area is 218 Å². The molecule has 7 nitrogen and oxygen atoms in total. The Kier molecular flexibility index (Phi) is 6.03. The number of aryl methyl sites for hydroxylation is 1. The third kappa shape index (κ3) is 3.40. The van der Waals surface area contributed by atoms with Crippen LogP contribution in [0, 0.1) is 5.41 Å². The van der Waals surface area contributed by atoms with E-state index in [0.717, 1.165) is 55.6 Å². The number of hydrogen-bond acceptors (Lipinski definition) is 6. The summed E-state index contributed by atoms with van der Waals surface area (Å²) in [7, 11) is 3.01. The highest BCUT2D eigenvalue weighted by Gasteiger charge is 2.71. The summed E-state index contributed by atoms with van der Waals surface area (Å²) in [6.07, 6.45) is 3.93. The van der Waals surface area contributed by atoms with Crippen LogP contribution >= 0.6 is 0 Å². The summed E-state index contributed by atoms with van der Waals surface area (Å²) in [5.41, 5.74) is 2.19. The molecule has 2 aromatic carbocycles. The van der Waals surface area contributed by atoms with Crippen LogP contribution in [0.1, 0.15) is 49.7 Å². The third-order valence-corrected chi connectivity index (χ3v) is 9.76. The number of methoxy groups -OCH3 is 2. The molecule has 2 saturated heterocycles. The molecule has 4 aliphatic rings. The Morgan fingerprint density at radius 3 is 2.62 bits per heavy atom. The van der Waals surface area contributed by atoms with Crippen LogP contribution in [0.3, 0.4) is 0 Å². The third-order valence-electron chi connectivity index (χ3n) is 9.76. The number of nitrogens with zero attached hydrogens (tertiary/aromatic N) is 2. The largest absolute Gasteiger partial charge is 0.495 e. The van der Waals surface area contributed by atoms with Crippen molar-refractivity contribution in [2.45, 2.75) is 68.5 Å². The Morgan fingerprint density at radius 2 is 1.86 bits per heavy atom. The number of aliphatic hydroxyl groups is 1. The Bertz CT molecular complexity index is 1200. The van der Waals surface area contributed by atoms with Gasteiger partial charge >= 0.3 is 5.97 Å². The fraction of sp³-hybridized carbons (Fsp3) is 0.533. The molecule has 0 radical (unpaired) electrons. The molecule has 3 heterocycles. The summed E-state index contributed by atoms with van der Waals surface area (Å²) in [6.45, 7) is 1.83. The highest BCUT2D eigenvalue weighted by atomic mass is 16.5. The molecule has 6 rings (SSSR count). The first kappa shape index (κ1) is 24.4. The van der Waals surface area contributed by atoms with E-state index in [9.17, 15) is 14.7 Å². The second-order valence-electron chi connectivity index (χ2n) is 11.2. The number of fused-ring (bicyclic) bond motifs is 1. The molecule has 1 saturated carbocycles. The monoisotopic (exact) mass is 504 g/mol. The van der Waals surface area contributed by atoms with Crippen molar-refractivity contribution in [1.29, 1.82) is 0 Å². The molecule has 7 heteroatoms. The first-order valence-corrected chi connectivity index (χ1v) is 13.5. The number of ether oxygens (including phenoxy) is 2. The summed E-state index contributed by atoms with van der Waals surface area (Å²) >= 11 is 0. The van der Waals surface area contributed by atoms with Gasteiger partial charge in [0.05, 0.1) is 19.9 Å². The average molecular weight is 505 g/mol. The van der Waals surface area contributed by atoms with Crippen molar-refractivity contribution in [3.63, 3.8) is 0 Å². The zero-order chi connectivity index (χ0) is 25.8. The lowest BCUT2D eigenvalue weighted by Gasteiger charge is -2.59. The highest BCUT2D eigenvalue weighted by Crippen LogP contribution is 2.66. The predicted molar refractivity (Wildman–Crippen MR) is 140 cm³/mol. The van der Waals surface area contributed by atoms with Crippen LogP contribution in [0.25, 0.3) is 0 Å². The van der Waals surface area contributed by atoms with Crippen molar-refractivity contribution in [3.8, 4) is 5.75 Å². The van der Waals surface area contributed by atoms with Gasteiger partial charge in [0, 0.05) is 29.3 Å². The Balaban J connectivity index is 1.45. The SMILES string of the molecule is COC(=O)C(O)[C@@]12CCCN3CC[C@]4(c5cccc(OC)c5N(C(=O)CCc5ccccc5)[C@@H]4CC1)[C@H]32. The first-order chi connectivity index (χ1) is 18.0. The molecule has 1 amide bonds. The van der Waals surface area contributed by atoms with Crippen LogP contribution in [0.2, 0.25) is 0 Å². The minimum atomic E-state index is -1.18. The number of benzene rings is 2. The predicted octanol–water partition coefficient (Wildman–Crippen LogP) is 3.46. The Hall–Kier alpha value is -2.90. The maximum Gasteiger partial charge on any atom is 0.335 e. The average Bonchev–Trinajstić information content (AvgIpc) is 3.48. The lowest BCUT2D eigenvalue weighted by Crippen LogP contribution is -2.69. The number of para-hydroxylation sites is 1. The van der Waals surface area contributed by atoms with E-state index in [1.807, 2.05) is 35.2 Å². The summed E-state index contributed by atoms with van der Waals surface area (Å²) in [5, 5.41) is 11.4. The molecule has 3 fully saturated rings. The van der Waals surface area contributed by atoms with E-state index >= 15 is 0 Å². The fourth-order valence-corrected chi connectivity index (χ4v) is 8.43. The maximum atomic E-state index is 14.0. The zero-order valence-electron chi connectivity index (χ0n) is 21.7. The zero-order valence-corrected chi connectivity index (χ0v) is 21.7. The van der Waals surface area contributed by atoms with E-state index in [2.05, 4.69) is 23.1 Å². The van der Waals surface area contributed by atoms with Gasteiger partial charge < -0.3 is 19.5 Å². The van der Waals surface area contributed by atoms with Crippen LogP contribution in [0.15, 0.2) is 48.5 Å². The van der Waals surface area contributed by atoms with E-state index in [-0.39, 0.29) is 23.4 Å². The second kappa shape index (κ2) is 9.14. The Morgan fingerprint density at radius 1 is 1.05 bits per heavy atom. The molecule has 1 N–H and O–H groups in total. The maximum absolute atomic E-state index is 14.0. The van der Waals surface area contributed by atoms with E-state index < -0.39 is 17.5 Å². The van der Waals surface area contributed by atoms with Crippen molar-refractivity contribution >= 4 is 17.6 Å². The standard InChI is InChI=1S/C30H36N2O5/c1-36-22-11-6-10-21-25(22)32(24(33)13-12-20-8-4-3-5-9-20)23-14-16-29(26(34)27(35)37-2)15-7-18-31-19-17-30(21,23)28(29)31/h3-6,8-11,23,26,28,34H,7,12-19H2,1-2H3/t23-,26?,28-,29-,30-/m1/s1. The number of anilines is 1. The fourth-order valence-electron chi connectivity index (χ4n) is 8.43. The number of carbonyl (C=O) groups is 2. The quantitative estimate of drug-likeness (QED) is 0.607. The lowest BCUT2D eigenvalue weighted by atomic mass is 9.51. The molecule has 0 aromatic heterocycles. The molecule has 196 valence electrons. The van der Waals surface area contributed by atoms with Crippen molar-refractivity contribution < 1.29 is 24.2 Å². The number of rotatable bonds is 6. The van der Waals surface area contributed by atoms with Gasteiger partial charge in [-0.15, -0.1) is 0 Å². The normalized spacial score (nSPS) is 30.7. The second-order valence-corrected chi connectivity index (χ2v) is 11.2. The van der Waals surface area contributed by atoms with Crippen LogP contribution in [0.4, 0.5) is 5.69 Å². The molecule has 37 heavy (non-hydrogen) atoms. The van der Waals surface area contributed by atoms with Crippen LogP contribution in [0.5, 0.6) is 5.75 Å². The van der Waals surface area contributed by atoms with E-state index in [1.54, 1.807) is 7.11 Å². The molecule has 3 aliphatic heterocycles. The van der Waals surface area contributed by atoms with Crippen LogP contribution in [-0.4, -0.2) is 67.4 Å². The van der Waals surface area contributed by atoms with Gasteiger partial charge in [-0.2, -0.15) is 0 Å². The van der Waals surface area contributed by atoms with Crippen LogP contribution < -0.4 is 9.64 Å². The molecule has 5 atom stereocenters. The van der Waals surface area contributed by atoms with Crippen molar-refractivity contribution in [1.82, 2.24) is 4.90 Å². The van der Waals surface area contributed by atoms with Gasteiger partial charge in [-0.1, -0.05) is 42.5 Å². The van der Waals surface area contributed by atoms with Gasteiger partial charge in [-0.25, -0.2) is 4.79 Å². The minimum absolute atomic E-state index is 0.0341. The minimum Gasteiger partial charge on any atom is -0.495 e. The smallest absolute Gasteiger partial charge is 0.335 e. The lowest BCUT2D eigenvalue weighted by molar-refractivity contribution is -0.172. The first-order valence-electron chi connectivity index (χ1n) is 13.5. The van der Waals surface area contributed by atoms with Gasteiger partial charge in [0.2, 0.25) is 5.91 Å². The number of hydrogen-bond donors (Lipinski definition) is 1. The number of aliphatic hydroxyl groups excluding tert-OH is 1. The topological polar surface area (TPSA) is 79.3 Å². The summed E-state index contributed by atoms with van der Waals surface area (Å²) < 4.78 is 10.9. The van der Waals surface area contributed by atoms with Crippen molar-refractivity contribution in [2.24, 2.45) is 5.41 Å². The highest BCUT2D eigenvalue weighted by molar-refractivity contribution is 5.99. The number of esters is 1.